The number of anilines is 1. The standard InChI is InChI=1S/C25H25N3O3S/c1-19(17-32(29)30)9-8-10-20(2)28-25-15-23(26-18-27-25)22-13-6-7-14-24(22)31-16-21-11-4-3-5-12-21/h3-15,18H,2,16-17H2,1H3,(H,29,30)(H,26,27,28)/b10-8-,19-9+. The van der Waals surface area contributed by atoms with Gasteiger partial charge in [-0.2, -0.15) is 0 Å². The number of para-hydroxylation sites is 1. The molecule has 3 aromatic rings. The predicted molar refractivity (Wildman–Crippen MR) is 130 cm³/mol. The average molecular weight is 448 g/mol. The highest BCUT2D eigenvalue weighted by Crippen LogP contribution is 2.30. The van der Waals surface area contributed by atoms with Crippen LogP contribution in [-0.2, 0) is 17.7 Å². The van der Waals surface area contributed by atoms with E-state index in [1.54, 1.807) is 25.2 Å². The van der Waals surface area contributed by atoms with Gasteiger partial charge in [-0.05, 0) is 30.7 Å². The highest BCUT2D eigenvalue weighted by atomic mass is 32.2. The summed E-state index contributed by atoms with van der Waals surface area (Å²) in [7, 11) is 0. The summed E-state index contributed by atoms with van der Waals surface area (Å²) in [5.41, 5.74) is 4.10. The second kappa shape index (κ2) is 11.7. The lowest BCUT2D eigenvalue weighted by Crippen LogP contribution is -2.00. The zero-order valence-corrected chi connectivity index (χ0v) is 18.6. The van der Waals surface area contributed by atoms with Crippen molar-refractivity contribution < 1.29 is 13.5 Å². The van der Waals surface area contributed by atoms with Gasteiger partial charge in [-0.3, -0.25) is 0 Å². The zero-order chi connectivity index (χ0) is 22.8. The Morgan fingerprint density at radius 1 is 1.16 bits per heavy atom. The summed E-state index contributed by atoms with van der Waals surface area (Å²) in [6, 6.07) is 19.6. The fourth-order valence-corrected chi connectivity index (χ4v) is 3.38. The maximum Gasteiger partial charge on any atom is 0.156 e. The van der Waals surface area contributed by atoms with E-state index in [2.05, 4.69) is 21.9 Å². The molecule has 164 valence electrons. The minimum absolute atomic E-state index is 0.116. The number of nitrogens with one attached hydrogen (secondary N) is 1. The van der Waals surface area contributed by atoms with Crippen LogP contribution in [-0.4, -0.2) is 24.5 Å². The number of benzene rings is 2. The Bertz CT molecular complexity index is 1140. The molecule has 1 unspecified atom stereocenters. The SMILES string of the molecule is C=C(/C=C\C=C(/C)CS(=O)O)Nc1cc(-c2ccccc2OCc2ccccc2)ncn1. The lowest BCUT2D eigenvalue weighted by Gasteiger charge is -2.12. The molecule has 0 saturated heterocycles. The van der Waals surface area contributed by atoms with Crippen molar-refractivity contribution in [2.45, 2.75) is 13.5 Å². The zero-order valence-electron chi connectivity index (χ0n) is 17.8. The largest absolute Gasteiger partial charge is 0.488 e. The van der Waals surface area contributed by atoms with E-state index in [9.17, 15) is 4.21 Å². The van der Waals surface area contributed by atoms with Gasteiger partial charge < -0.3 is 14.6 Å². The van der Waals surface area contributed by atoms with Crippen LogP contribution in [0.3, 0.4) is 0 Å². The fourth-order valence-electron chi connectivity index (χ4n) is 2.89. The van der Waals surface area contributed by atoms with E-state index in [0.29, 0.717) is 18.1 Å². The Morgan fingerprint density at radius 3 is 2.69 bits per heavy atom. The molecule has 2 aromatic carbocycles. The third kappa shape index (κ3) is 7.30. The number of nitrogens with zero attached hydrogens (tertiary/aromatic N) is 2. The minimum Gasteiger partial charge on any atom is -0.488 e. The first-order chi connectivity index (χ1) is 15.5. The van der Waals surface area contributed by atoms with Crippen LogP contribution in [0.1, 0.15) is 12.5 Å². The van der Waals surface area contributed by atoms with Gasteiger partial charge in [0.25, 0.3) is 0 Å². The normalized spacial score (nSPS) is 12.5. The second-order valence-corrected chi connectivity index (χ2v) is 7.98. The van der Waals surface area contributed by atoms with Crippen LogP contribution in [0, 0.1) is 0 Å². The summed E-state index contributed by atoms with van der Waals surface area (Å²) in [4.78, 5) is 8.67. The number of rotatable bonds is 10. The second-order valence-electron chi connectivity index (χ2n) is 7.05. The van der Waals surface area contributed by atoms with Gasteiger partial charge >= 0.3 is 0 Å². The molecule has 3 rings (SSSR count). The van der Waals surface area contributed by atoms with Crippen LogP contribution >= 0.6 is 0 Å². The molecule has 1 aromatic heterocycles. The van der Waals surface area contributed by atoms with Crippen LogP contribution in [0.2, 0.25) is 0 Å². The molecular formula is C25H25N3O3S. The van der Waals surface area contributed by atoms with E-state index in [0.717, 1.165) is 28.1 Å². The molecule has 1 heterocycles. The first-order valence-corrected chi connectivity index (χ1v) is 11.2. The van der Waals surface area contributed by atoms with Crippen molar-refractivity contribution in [2.24, 2.45) is 0 Å². The molecule has 0 radical (unpaired) electrons. The van der Waals surface area contributed by atoms with Gasteiger partial charge in [0.1, 0.15) is 24.5 Å². The van der Waals surface area contributed by atoms with Crippen molar-refractivity contribution in [1.29, 1.82) is 0 Å². The molecule has 0 aliphatic rings. The van der Waals surface area contributed by atoms with Crippen LogP contribution < -0.4 is 10.1 Å². The Balaban J connectivity index is 1.70. The maximum absolute atomic E-state index is 10.8. The Morgan fingerprint density at radius 2 is 1.91 bits per heavy atom. The number of allylic oxidation sites excluding steroid dienone is 3. The van der Waals surface area contributed by atoms with E-state index in [-0.39, 0.29) is 5.75 Å². The Hall–Kier alpha value is -3.55. The van der Waals surface area contributed by atoms with Crippen molar-refractivity contribution in [3.05, 3.63) is 109 Å². The van der Waals surface area contributed by atoms with Gasteiger partial charge in [0.15, 0.2) is 11.1 Å². The fraction of sp³-hybridized carbons (Fsp3) is 0.120. The molecule has 0 bridgehead atoms. The summed E-state index contributed by atoms with van der Waals surface area (Å²) in [6.45, 7) is 6.23. The molecule has 7 heteroatoms. The van der Waals surface area contributed by atoms with E-state index < -0.39 is 11.1 Å². The van der Waals surface area contributed by atoms with Crippen molar-refractivity contribution in [3.8, 4) is 17.0 Å². The van der Waals surface area contributed by atoms with Gasteiger partial charge in [0.05, 0.1) is 11.4 Å². The Labute approximate surface area is 190 Å². The third-order valence-corrected chi connectivity index (χ3v) is 5.09. The number of aromatic nitrogens is 2. The van der Waals surface area contributed by atoms with Gasteiger partial charge in [-0.1, -0.05) is 66.8 Å². The highest BCUT2D eigenvalue weighted by Gasteiger charge is 2.09. The van der Waals surface area contributed by atoms with Crippen LogP contribution in [0.4, 0.5) is 5.82 Å². The summed E-state index contributed by atoms with van der Waals surface area (Å²) in [6.07, 6.45) is 6.80. The van der Waals surface area contributed by atoms with Crippen LogP contribution in [0.5, 0.6) is 5.75 Å². The smallest absolute Gasteiger partial charge is 0.156 e. The molecule has 32 heavy (non-hydrogen) atoms. The highest BCUT2D eigenvalue weighted by molar-refractivity contribution is 7.79. The summed E-state index contributed by atoms with van der Waals surface area (Å²) in [5.74, 6) is 1.45. The van der Waals surface area contributed by atoms with Gasteiger partial charge in [-0.25, -0.2) is 14.2 Å². The molecule has 6 nitrogen and oxygen atoms in total. The molecule has 0 spiro atoms. The van der Waals surface area contributed by atoms with E-state index in [4.69, 9.17) is 9.29 Å². The average Bonchev–Trinajstić information content (AvgIpc) is 2.78. The number of hydrogen-bond acceptors (Lipinski definition) is 5. The first-order valence-electron chi connectivity index (χ1n) is 9.96. The third-order valence-electron chi connectivity index (χ3n) is 4.39. The van der Waals surface area contributed by atoms with E-state index >= 15 is 0 Å². The summed E-state index contributed by atoms with van der Waals surface area (Å²) in [5, 5.41) is 3.13. The summed E-state index contributed by atoms with van der Waals surface area (Å²) >= 11 is -1.84. The van der Waals surface area contributed by atoms with Gasteiger partial charge in [-0.15, -0.1) is 0 Å². The predicted octanol–water partition coefficient (Wildman–Crippen LogP) is 5.37. The van der Waals surface area contributed by atoms with Crippen molar-refractivity contribution in [2.75, 3.05) is 11.1 Å². The van der Waals surface area contributed by atoms with Gasteiger partial charge in [0.2, 0.25) is 0 Å². The minimum atomic E-state index is -1.84. The topological polar surface area (TPSA) is 84.3 Å². The molecule has 0 fully saturated rings. The molecule has 1 atom stereocenters. The van der Waals surface area contributed by atoms with E-state index in [1.165, 1.54) is 6.33 Å². The quantitative estimate of drug-likeness (QED) is 0.321. The van der Waals surface area contributed by atoms with Crippen LogP contribution in [0.25, 0.3) is 11.3 Å². The van der Waals surface area contributed by atoms with Crippen molar-refractivity contribution in [1.82, 2.24) is 9.97 Å². The molecule has 0 aliphatic heterocycles. The molecule has 2 N–H and O–H groups in total. The molecule has 0 amide bonds. The lowest BCUT2D eigenvalue weighted by molar-refractivity contribution is 0.307. The maximum atomic E-state index is 10.8. The monoisotopic (exact) mass is 447 g/mol. The molecule has 0 saturated carbocycles. The van der Waals surface area contributed by atoms with Crippen molar-refractivity contribution >= 4 is 16.9 Å². The molecular weight excluding hydrogens is 422 g/mol. The number of hydrogen-bond donors (Lipinski definition) is 2. The Kier molecular flexibility index (Phi) is 8.48. The van der Waals surface area contributed by atoms with Crippen LogP contribution in [0.15, 0.2) is 103 Å². The molecule has 0 aliphatic carbocycles. The van der Waals surface area contributed by atoms with Gasteiger partial charge in [0, 0.05) is 17.3 Å². The lowest BCUT2D eigenvalue weighted by atomic mass is 10.1. The first kappa shape index (κ1) is 23.1. The summed E-state index contributed by atoms with van der Waals surface area (Å²) < 4.78 is 25.8. The number of ether oxygens (including phenoxy) is 1. The van der Waals surface area contributed by atoms with E-state index in [1.807, 2.05) is 60.7 Å². The van der Waals surface area contributed by atoms with Crippen molar-refractivity contribution in [3.63, 3.8) is 0 Å².